The van der Waals surface area contributed by atoms with Crippen LogP contribution < -0.4 is 5.30 Å². The summed E-state index contributed by atoms with van der Waals surface area (Å²) >= 11 is 0. The van der Waals surface area contributed by atoms with Crippen LogP contribution in [0.25, 0.3) is 0 Å². The summed E-state index contributed by atoms with van der Waals surface area (Å²) in [6.45, 7) is 2.01. The maximum Gasteiger partial charge on any atom is 0.112 e. The van der Waals surface area contributed by atoms with Crippen molar-refractivity contribution in [2.24, 2.45) is 0 Å². The number of aliphatic hydroxyl groups excluding tert-OH is 1. The largest absolute Gasteiger partial charge is 0.396 e. The first kappa shape index (κ1) is 11.5. The Labute approximate surface area is 85.3 Å². The van der Waals surface area contributed by atoms with Gasteiger partial charge in [-0.2, -0.15) is 0 Å². The fourth-order valence-electron chi connectivity index (χ4n) is 1.40. The number of hydrogen-bond acceptors (Lipinski definition) is 2. The molecule has 1 unspecified atom stereocenters. The van der Waals surface area contributed by atoms with Crippen molar-refractivity contribution >= 4 is 12.4 Å². The molecule has 0 aromatic heterocycles. The highest BCUT2D eigenvalue weighted by molar-refractivity contribution is 7.70. The highest BCUT2D eigenvalue weighted by Gasteiger charge is 2.16. The average molecular weight is 212 g/mol. The molecule has 2 nitrogen and oxygen atoms in total. The number of aliphatic hydroxyl groups is 1. The van der Waals surface area contributed by atoms with E-state index in [-0.39, 0.29) is 6.61 Å². The van der Waals surface area contributed by atoms with Crippen molar-refractivity contribution < 1.29 is 9.67 Å². The smallest absolute Gasteiger partial charge is 0.112 e. The van der Waals surface area contributed by atoms with E-state index >= 15 is 0 Å². The third kappa shape index (κ3) is 3.28. The van der Waals surface area contributed by atoms with E-state index in [4.69, 9.17) is 5.11 Å². The molecule has 1 aromatic rings. The van der Waals surface area contributed by atoms with Gasteiger partial charge >= 0.3 is 0 Å². The number of rotatable bonds is 5. The van der Waals surface area contributed by atoms with Gasteiger partial charge in [-0.25, -0.2) is 0 Å². The SMILES string of the molecule is CP(=O)(CCCCO)c1ccccc1. The molecule has 0 saturated heterocycles. The van der Waals surface area contributed by atoms with Crippen LogP contribution in [-0.4, -0.2) is 24.5 Å². The maximum atomic E-state index is 12.2. The van der Waals surface area contributed by atoms with Crippen LogP contribution in [0.2, 0.25) is 0 Å². The molecule has 0 spiro atoms. The number of benzene rings is 1. The van der Waals surface area contributed by atoms with Crippen LogP contribution >= 0.6 is 7.14 Å². The Kier molecular flexibility index (Phi) is 4.37. The topological polar surface area (TPSA) is 37.3 Å². The monoisotopic (exact) mass is 212 g/mol. The van der Waals surface area contributed by atoms with Crippen LogP contribution in [0, 0.1) is 0 Å². The molecule has 0 saturated carbocycles. The van der Waals surface area contributed by atoms with Gasteiger partial charge in [-0.1, -0.05) is 30.3 Å². The number of unbranched alkanes of at least 4 members (excludes halogenated alkanes) is 1. The molecule has 0 aliphatic rings. The molecule has 0 fully saturated rings. The molecule has 1 atom stereocenters. The van der Waals surface area contributed by atoms with Gasteiger partial charge in [0.1, 0.15) is 7.14 Å². The molecule has 0 heterocycles. The lowest BCUT2D eigenvalue weighted by molar-refractivity contribution is 0.287. The molecule has 0 radical (unpaired) electrons. The van der Waals surface area contributed by atoms with E-state index in [0.29, 0.717) is 6.16 Å². The molecule has 0 aliphatic heterocycles. The van der Waals surface area contributed by atoms with Gasteiger partial charge in [0.05, 0.1) is 0 Å². The Bertz CT molecular complexity index is 308. The predicted molar refractivity (Wildman–Crippen MR) is 60.8 cm³/mol. The average Bonchev–Trinajstić information content (AvgIpc) is 2.19. The summed E-state index contributed by atoms with van der Waals surface area (Å²) in [6.07, 6.45) is 2.27. The molecule has 14 heavy (non-hydrogen) atoms. The van der Waals surface area contributed by atoms with Gasteiger partial charge in [-0.05, 0) is 19.5 Å². The summed E-state index contributed by atoms with van der Waals surface area (Å²) in [5.41, 5.74) is 0. The van der Waals surface area contributed by atoms with E-state index in [9.17, 15) is 4.57 Å². The van der Waals surface area contributed by atoms with Crippen LogP contribution in [0.5, 0.6) is 0 Å². The maximum absolute atomic E-state index is 12.2. The van der Waals surface area contributed by atoms with Gasteiger partial charge < -0.3 is 9.67 Å². The Morgan fingerprint density at radius 3 is 2.43 bits per heavy atom. The molecule has 78 valence electrons. The zero-order valence-electron chi connectivity index (χ0n) is 8.52. The normalized spacial score (nSPS) is 15.0. The standard InChI is InChI=1S/C11H17O2P/c1-14(13,10-6-5-9-12)11-7-3-2-4-8-11/h2-4,7-8,12H,5-6,9-10H2,1H3. The third-order valence-corrected chi connectivity index (χ3v) is 4.86. The van der Waals surface area contributed by atoms with E-state index in [2.05, 4.69) is 0 Å². The van der Waals surface area contributed by atoms with Crippen LogP contribution in [0.4, 0.5) is 0 Å². The molecule has 0 amide bonds. The van der Waals surface area contributed by atoms with Crippen molar-refractivity contribution in [2.45, 2.75) is 12.8 Å². The van der Waals surface area contributed by atoms with Crippen LogP contribution in [0.15, 0.2) is 30.3 Å². The van der Waals surface area contributed by atoms with E-state index in [0.717, 1.165) is 18.1 Å². The molecular weight excluding hydrogens is 195 g/mol. The quantitative estimate of drug-likeness (QED) is 0.599. The van der Waals surface area contributed by atoms with Crippen molar-refractivity contribution in [1.82, 2.24) is 0 Å². The summed E-state index contributed by atoms with van der Waals surface area (Å²) in [5, 5.41) is 9.59. The van der Waals surface area contributed by atoms with Crippen molar-refractivity contribution in [3.8, 4) is 0 Å². The predicted octanol–water partition coefficient (Wildman–Crippen LogP) is 2.08. The molecule has 3 heteroatoms. The van der Waals surface area contributed by atoms with Crippen LogP contribution in [-0.2, 0) is 4.57 Å². The Balaban J connectivity index is 2.62. The molecule has 1 N–H and O–H groups in total. The molecule has 0 bridgehead atoms. The summed E-state index contributed by atoms with van der Waals surface area (Å²) < 4.78 is 12.2. The minimum absolute atomic E-state index is 0.189. The van der Waals surface area contributed by atoms with Gasteiger partial charge in [-0.15, -0.1) is 0 Å². The first-order valence-electron chi connectivity index (χ1n) is 4.90. The Morgan fingerprint density at radius 1 is 1.21 bits per heavy atom. The first-order chi connectivity index (χ1) is 6.67. The number of hydrogen-bond donors (Lipinski definition) is 1. The van der Waals surface area contributed by atoms with Gasteiger partial charge in [0.2, 0.25) is 0 Å². The zero-order chi connectivity index (χ0) is 10.4. The molecule has 1 rings (SSSR count). The second-order valence-electron chi connectivity index (χ2n) is 3.59. The van der Waals surface area contributed by atoms with Crippen molar-refractivity contribution in [3.05, 3.63) is 30.3 Å². The van der Waals surface area contributed by atoms with E-state index in [1.807, 2.05) is 37.0 Å². The summed E-state index contributed by atoms with van der Waals surface area (Å²) in [4.78, 5) is 0. The molecular formula is C11H17O2P. The van der Waals surface area contributed by atoms with Gasteiger partial charge in [0.25, 0.3) is 0 Å². The summed E-state index contributed by atoms with van der Waals surface area (Å²) in [7, 11) is -2.19. The van der Waals surface area contributed by atoms with E-state index < -0.39 is 7.14 Å². The van der Waals surface area contributed by atoms with Crippen LogP contribution in [0.1, 0.15) is 12.8 Å². The van der Waals surface area contributed by atoms with Crippen LogP contribution in [0.3, 0.4) is 0 Å². The summed E-state index contributed by atoms with van der Waals surface area (Å²) in [5.74, 6) is 0. The molecule has 0 aliphatic carbocycles. The van der Waals surface area contributed by atoms with Gasteiger partial charge in [-0.3, -0.25) is 0 Å². The second-order valence-corrected chi connectivity index (χ2v) is 6.76. The van der Waals surface area contributed by atoms with E-state index in [1.54, 1.807) is 0 Å². The fourth-order valence-corrected chi connectivity index (χ4v) is 3.29. The van der Waals surface area contributed by atoms with Crippen molar-refractivity contribution in [3.63, 3.8) is 0 Å². The van der Waals surface area contributed by atoms with Crippen molar-refractivity contribution in [1.29, 1.82) is 0 Å². The second kappa shape index (κ2) is 5.33. The fraction of sp³-hybridized carbons (Fsp3) is 0.455. The lowest BCUT2D eigenvalue weighted by Gasteiger charge is -2.12. The third-order valence-electron chi connectivity index (χ3n) is 2.30. The minimum Gasteiger partial charge on any atom is -0.396 e. The Morgan fingerprint density at radius 2 is 1.86 bits per heavy atom. The minimum atomic E-state index is -2.19. The lowest BCUT2D eigenvalue weighted by Crippen LogP contribution is -2.06. The van der Waals surface area contributed by atoms with Gasteiger partial charge in [0, 0.05) is 18.1 Å². The van der Waals surface area contributed by atoms with Crippen molar-refractivity contribution in [2.75, 3.05) is 19.4 Å². The zero-order valence-corrected chi connectivity index (χ0v) is 9.41. The van der Waals surface area contributed by atoms with Gasteiger partial charge in [0.15, 0.2) is 0 Å². The molecule has 1 aromatic carbocycles. The Hall–Kier alpha value is -0.590. The summed E-state index contributed by atoms with van der Waals surface area (Å²) in [6, 6.07) is 9.59. The van der Waals surface area contributed by atoms with E-state index in [1.165, 1.54) is 0 Å². The first-order valence-corrected chi connectivity index (χ1v) is 7.24. The lowest BCUT2D eigenvalue weighted by atomic mass is 10.4. The highest BCUT2D eigenvalue weighted by atomic mass is 31.2. The highest BCUT2D eigenvalue weighted by Crippen LogP contribution is 2.40.